The van der Waals surface area contributed by atoms with Crippen LogP contribution < -0.4 is 11.1 Å². The minimum atomic E-state index is -0.0194. The lowest BCUT2D eigenvalue weighted by atomic mass is 10.3. The van der Waals surface area contributed by atoms with Crippen molar-refractivity contribution in [3.8, 4) is 0 Å². The molecule has 6 heteroatoms. The van der Waals surface area contributed by atoms with Gasteiger partial charge in [-0.2, -0.15) is 0 Å². The molecule has 0 fully saturated rings. The van der Waals surface area contributed by atoms with E-state index < -0.39 is 0 Å². The molecule has 0 spiro atoms. The van der Waals surface area contributed by atoms with E-state index in [0.717, 1.165) is 0 Å². The normalized spacial score (nSPS) is 10.3. The smallest absolute Gasteiger partial charge is 0.233 e. The van der Waals surface area contributed by atoms with Gasteiger partial charge in [0, 0.05) is 33.7 Å². The standard InChI is InChI=1S/C9H19N3O2S/c1-11-9(13)7-12(5-6-14-2)4-3-8(10)15/h3-7H2,1-2H3,(H2,10,15)(H,11,13). The molecule has 0 saturated heterocycles. The second kappa shape index (κ2) is 8.58. The van der Waals surface area contributed by atoms with E-state index in [2.05, 4.69) is 5.32 Å². The fourth-order valence-electron chi connectivity index (χ4n) is 1.04. The molecule has 0 atom stereocenters. The minimum absolute atomic E-state index is 0.0194. The van der Waals surface area contributed by atoms with Crippen molar-refractivity contribution in [1.29, 1.82) is 0 Å². The molecule has 0 aromatic carbocycles. The predicted octanol–water partition coefficient (Wildman–Crippen LogP) is -0.643. The zero-order valence-electron chi connectivity index (χ0n) is 9.28. The molecule has 0 aromatic heterocycles. The Balaban J connectivity index is 3.93. The fourth-order valence-corrected chi connectivity index (χ4v) is 1.13. The summed E-state index contributed by atoms with van der Waals surface area (Å²) in [6.45, 7) is 2.33. The molecule has 0 heterocycles. The molecule has 5 nitrogen and oxygen atoms in total. The Kier molecular flexibility index (Phi) is 8.17. The number of methoxy groups -OCH3 is 1. The van der Waals surface area contributed by atoms with Crippen LogP contribution >= 0.6 is 12.2 Å². The molecule has 3 N–H and O–H groups in total. The summed E-state index contributed by atoms with van der Waals surface area (Å²) < 4.78 is 4.96. The molecule has 0 rings (SSSR count). The molecule has 0 aliphatic heterocycles. The molecule has 0 radical (unpaired) electrons. The maximum Gasteiger partial charge on any atom is 0.233 e. The van der Waals surface area contributed by atoms with Crippen LogP contribution in [-0.4, -0.2) is 56.2 Å². The van der Waals surface area contributed by atoms with Crippen LogP contribution in [0.5, 0.6) is 0 Å². The Morgan fingerprint density at radius 3 is 2.67 bits per heavy atom. The fraction of sp³-hybridized carbons (Fsp3) is 0.778. The van der Waals surface area contributed by atoms with E-state index in [1.807, 2.05) is 4.90 Å². The molecule has 88 valence electrons. The monoisotopic (exact) mass is 233 g/mol. The Bertz CT molecular complexity index is 212. The summed E-state index contributed by atoms with van der Waals surface area (Å²) >= 11 is 4.79. The van der Waals surface area contributed by atoms with Gasteiger partial charge in [-0.25, -0.2) is 0 Å². The van der Waals surface area contributed by atoms with E-state index >= 15 is 0 Å². The first-order valence-electron chi connectivity index (χ1n) is 4.80. The maximum absolute atomic E-state index is 11.2. The molecule has 0 unspecified atom stereocenters. The van der Waals surface area contributed by atoms with E-state index in [0.29, 0.717) is 37.7 Å². The summed E-state index contributed by atoms with van der Waals surface area (Å²) in [7, 11) is 3.25. The van der Waals surface area contributed by atoms with Gasteiger partial charge in [-0.3, -0.25) is 9.69 Å². The second-order valence-electron chi connectivity index (χ2n) is 3.16. The predicted molar refractivity (Wildman–Crippen MR) is 63.8 cm³/mol. The number of amides is 1. The molecule has 1 amide bonds. The lowest BCUT2D eigenvalue weighted by molar-refractivity contribution is -0.121. The highest BCUT2D eigenvalue weighted by Crippen LogP contribution is 1.92. The molecule has 0 saturated carbocycles. The van der Waals surface area contributed by atoms with Crippen LogP contribution in [0.4, 0.5) is 0 Å². The van der Waals surface area contributed by atoms with Crippen LogP contribution in [0, 0.1) is 0 Å². The van der Waals surface area contributed by atoms with Gasteiger partial charge in [0.15, 0.2) is 0 Å². The summed E-state index contributed by atoms with van der Waals surface area (Å²) in [6.07, 6.45) is 0.621. The van der Waals surface area contributed by atoms with Crippen molar-refractivity contribution in [2.45, 2.75) is 6.42 Å². The van der Waals surface area contributed by atoms with Crippen molar-refractivity contribution in [3.05, 3.63) is 0 Å². The third-order valence-corrected chi connectivity index (χ3v) is 2.14. The number of hydrogen-bond donors (Lipinski definition) is 2. The molecule has 0 bridgehead atoms. The second-order valence-corrected chi connectivity index (χ2v) is 3.68. The van der Waals surface area contributed by atoms with Crippen molar-refractivity contribution in [2.75, 3.05) is 40.4 Å². The maximum atomic E-state index is 11.2. The number of nitrogens with zero attached hydrogens (tertiary/aromatic N) is 1. The van der Waals surface area contributed by atoms with Crippen molar-refractivity contribution >= 4 is 23.1 Å². The summed E-state index contributed by atoms with van der Waals surface area (Å²) in [5.74, 6) is -0.0194. The molecular formula is C9H19N3O2S. The SMILES string of the molecule is CNC(=O)CN(CCOC)CCC(N)=S. The minimum Gasteiger partial charge on any atom is -0.393 e. The van der Waals surface area contributed by atoms with Crippen molar-refractivity contribution in [1.82, 2.24) is 10.2 Å². The third-order valence-electron chi connectivity index (χ3n) is 1.93. The van der Waals surface area contributed by atoms with E-state index in [9.17, 15) is 4.79 Å². The number of ether oxygens (including phenoxy) is 1. The highest BCUT2D eigenvalue weighted by Gasteiger charge is 2.09. The van der Waals surface area contributed by atoms with Gasteiger partial charge in [0.25, 0.3) is 0 Å². The first-order chi connectivity index (χ1) is 7.10. The number of hydrogen-bond acceptors (Lipinski definition) is 4. The number of carbonyl (C=O) groups excluding carboxylic acids is 1. The van der Waals surface area contributed by atoms with Crippen LogP contribution in [-0.2, 0) is 9.53 Å². The number of rotatable bonds is 8. The zero-order chi connectivity index (χ0) is 11.7. The van der Waals surface area contributed by atoms with Gasteiger partial charge in [0.2, 0.25) is 5.91 Å². The molecule has 0 aromatic rings. The zero-order valence-corrected chi connectivity index (χ0v) is 10.1. The number of nitrogens with one attached hydrogen (secondary N) is 1. The van der Waals surface area contributed by atoms with E-state index in [-0.39, 0.29) is 5.91 Å². The highest BCUT2D eigenvalue weighted by atomic mass is 32.1. The van der Waals surface area contributed by atoms with E-state index in [1.54, 1.807) is 14.2 Å². The Morgan fingerprint density at radius 1 is 1.53 bits per heavy atom. The van der Waals surface area contributed by atoms with Gasteiger partial charge in [-0.05, 0) is 0 Å². The van der Waals surface area contributed by atoms with Crippen LogP contribution in [0.2, 0.25) is 0 Å². The number of nitrogens with two attached hydrogens (primary N) is 1. The third kappa shape index (κ3) is 8.29. The lowest BCUT2D eigenvalue weighted by Crippen LogP contribution is -2.38. The first-order valence-corrected chi connectivity index (χ1v) is 5.21. The molecule has 15 heavy (non-hydrogen) atoms. The van der Waals surface area contributed by atoms with Gasteiger partial charge in [0.05, 0.1) is 18.1 Å². The average Bonchev–Trinajstić information content (AvgIpc) is 2.21. The van der Waals surface area contributed by atoms with Crippen molar-refractivity contribution in [2.24, 2.45) is 5.73 Å². The van der Waals surface area contributed by atoms with Gasteiger partial charge >= 0.3 is 0 Å². The van der Waals surface area contributed by atoms with E-state index in [1.165, 1.54) is 0 Å². The number of likely N-dealkylation sites (N-methyl/N-ethyl adjacent to an activating group) is 1. The number of carbonyl (C=O) groups is 1. The van der Waals surface area contributed by atoms with Crippen molar-refractivity contribution in [3.63, 3.8) is 0 Å². The molecular weight excluding hydrogens is 214 g/mol. The lowest BCUT2D eigenvalue weighted by Gasteiger charge is -2.20. The molecule has 0 aliphatic carbocycles. The Morgan fingerprint density at radius 2 is 2.20 bits per heavy atom. The summed E-state index contributed by atoms with van der Waals surface area (Å²) in [4.78, 5) is 13.6. The van der Waals surface area contributed by atoms with Crippen LogP contribution in [0.15, 0.2) is 0 Å². The van der Waals surface area contributed by atoms with Gasteiger partial charge < -0.3 is 15.8 Å². The van der Waals surface area contributed by atoms with Crippen molar-refractivity contribution < 1.29 is 9.53 Å². The summed E-state index contributed by atoms with van der Waals surface area (Å²) in [5.41, 5.74) is 5.41. The van der Waals surface area contributed by atoms with Crippen LogP contribution in [0.25, 0.3) is 0 Å². The summed E-state index contributed by atoms with van der Waals surface area (Å²) in [5, 5.41) is 2.57. The molecule has 0 aliphatic rings. The van der Waals surface area contributed by atoms with E-state index in [4.69, 9.17) is 22.7 Å². The summed E-state index contributed by atoms with van der Waals surface area (Å²) in [6, 6.07) is 0. The Hall–Kier alpha value is -0.720. The largest absolute Gasteiger partial charge is 0.393 e. The average molecular weight is 233 g/mol. The quantitative estimate of drug-likeness (QED) is 0.546. The number of thiocarbonyl (C=S) groups is 1. The van der Waals surface area contributed by atoms with Gasteiger partial charge in [-0.15, -0.1) is 0 Å². The van der Waals surface area contributed by atoms with Crippen LogP contribution in [0.3, 0.4) is 0 Å². The van der Waals surface area contributed by atoms with Crippen LogP contribution in [0.1, 0.15) is 6.42 Å². The van der Waals surface area contributed by atoms with Gasteiger partial charge in [0.1, 0.15) is 0 Å². The highest BCUT2D eigenvalue weighted by molar-refractivity contribution is 7.80. The Labute approximate surface area is 95.9 Å². The topological polar surface area (TPSA) is 67.6 Å². The van der Waals surface area contributed by atoms with Gasteiger partial charge in [-0.1, -0.05) is 12.2 Å². The first kappa shape index (κ1) is 14.3.